The Morgan fingerprint density at radius 3 is 2.86 bits per heavy atom. The standard InChI is InChI=1S/C9H9N3O2/c1-5-3-7(9(13)14)4-12-8(5)10-6(2)11-12/h3-4H,1-2H3,(H,13,14). The van der Waals surface area contributed by atoms with Crippen molar-refractivity contribution in [1.82, 2.24) is 14.6 Å². The minimum absolute atomic E-state index is 0.222. The number of fused-ring (bicyclic) bond motifs is 1. The van der Waals surface area contributed by atoms with Gasteiger partial charge in [-0.1, -0.05) is 0 Å². The van der Waals surface area contributed by atoms with Crippen LogP contribution in [0.5, 0.6) is 0 Å². The Balaban J connectivity index is 2.77. The molecule has 0 unspecified atom stereocenters. The maximum absolute atomic E-state index is 10.7. The van der Waals surface area contributed by atoms with Crippen LogP contribution < -0.4 is 0 Å². The number of hydrogen-bond acceptors (Lipinski definition) is 3. The Morgan fingerprint density at radius 2 is 2.21 bits per heavy atom. The molecule has 72 valence electrons. The molecule has 0 amide bonds. The molecule has 0 fully saturated rings. The van der Waals surface area contributed by atoms with E-state index in [0.717, 1.165) is 5.56 Å². The maximum Gasteiger partial charge on any atom is 0.337 e. The largest absolute Gasteiger partial charge is 0.478 e. The fourth-order valence-corrected chi connectivity index (χ4v) is 1.37. The van der Waals surface area contributed by atoms with Crippen LogP contribution in [0.25, 0.3) is 5.65 Å². The summed E-state index contributed by atoms with van der Waals surface area (Å²) in [6, 6.07) is 1.59. The highest BCUT2D eigenvalue weighted by Gasteiger charge is 2.08. The smallest absolute Gasteiger partial charge is 0.337 e. The molecule has 2 aromatic rings. The van der Waals surface area contributed by atoms with Gasteiger partial charge in [-0.05, 0) is 25.5 Å². The minimum atomic E-state index is -0.955. The summed E-state index contributed by atoms with van der Waals surface area (Å²) in [5.41, 5.74) is 1.73. The number of nitrogens with zero attached hydrogens (tertiary/aromatic N) is 3. The lowest BCUT2D eigenvalue weighted by Gasteiger charge is -1.98. The van der Waals surface area contributed by atoms with Gasteiger partial charge in [-0.25, -0.2) is 14.3 Å². The first-order valence-electron chi connectivity index (χ1n) is 4.15. The summed E-state index contributed by atoms with van der Waals surface area (Å²) in [5.74, 6) is -0.321. The Labute approximate surface area is 80.0 Å². The van der Waals surface area contributed by atoms with Gasteiger partial charge in [0.25, 0.3) is 0 Å². The second-order valence-electron chi connectivity index (χ2n) is 3.14. The summed E-state index contributed by atoms with van der Waals surface area (Å²) in [4.78, 5) is 14.9. The van der Waals surface area contributed by atoms with Gasteiger partial charge in [-0.3, -0.25) is 0 Å². The van der Waals surface area contributed by atoms with Gasteiger partial charge in [-0.15, -0.1) is 0 Å². The van der Waals surface area contributed by atoms with Crippen molar-refractivity contribution < 1.29 is 9.90 Å². The zero-order chi connectivity index (χ0) is 10.3. The van der Waals surface area contributed by atoms with Crippen molar-refractivity contribution in [3.63, 3.8) is 0 Å². The van der Waals surface area contributed by atoms with Crippen molar-refractivity contribution in [3.05, 3.63) is 29.2 Å². The number of carboxylic acid groups (broad SMARTS) is 1. The topological polar surface area (TPSA) is 67.5 Å². The van der Waals surface area contributed by atoms with E-state index in [-0.39, 0.29) is 5.56 Å². The molecule has 2 heterocycles. The van der Waals surface area contributed by atoms with Gasteiger partial charge in [0.05, 0.1) is 5.56 Å². The Bertz CT molecular complexity index is 516. The van der Waals surface area contributed by atoms with Gasteiger partial charge < -0.3 is 5.11 Å². The molecule has 0 bridgehead atoms. The van der Waals surface area contributed by atoms with Crippen LogP contribution in [0.3, 0.4) is 0 Å². The highest BCUT2D eigenvalue weighted by atomic mass is 16.4. The van der Waals surface area contributed by atoms with Crippen LogP contribution in [-0.2, 0) is 0 Å². The highest BCUT2D eigenvalue weighted by Crippen LogP contribution is 2.10. The first-order valence-corrected chi connectivity index (χ1v) is 4.15. The van der Waals surface area contributed by atoms with E-state index >= 15 is 0 Å². The first kappa shape index (κ1) is 8.68. The van der Waals surface area contributed by atoms with Crippen LogP contribution in [0.2, 0.25) is 0 Å². The third-order valence-corrected chi connectivity index (χ3v) is 1.97. The second-order valence-corrected chi connectivity index (χ2v) is 3.14. The third-order valence-electron chi connectivity index (χ3n) is 1.97. The molecule has 2 rings (SSSR count). The molecule has 0 aliphatic heterocycles. The Hall–Kier alpha value is -1.91. The average molecular weight is 191 g/mol. The second kappa shape index (κ2) is 2.80. The lowest BCUT2D eigenvalue weighted by Crippen LogP contribution is -2.01. The van der Waals surface area contributed by atoms with E-state index in [9.17, 15) is 4.79 Å². The number of aromatic carboxylic acids is 1. The molecule has 14 heavy (non-hydrogen) atoms. The molecule has 0 radical (unpaired) electrons. The molecule has 0 atom stereocenters. The van der Waals surface area contributed by atoms with Gasteiger partial charge in [0, 0.05) is 6.20 Å². The molecular weight excluding hydrogens is 182 g/mol. The normalized spacial score (nSPS) is 10.7. The van der Waals surface area contributed by atoms with Gasteiger partial charge in [0.2, 0.25) is 0 Å². The van der Waals surface area contributed by atoms with Crippen LogP contribution in [0.15, 0.2) is 12.3 Å². The highest BCUT2D eigenvalue weighted by molar-refractivity contribution is 5.88. The number of pyridine rings is 1. The molecule has 2 aromatic heterocycles. The quantitative estimate of drug-likeness (QED) is 0.731. The monoisotopic (exact) mass is 191 g/mol. The predicted octanol–water partition coefficient (Wildman–Crippen LogP) is 1.04. The van der Waals surface area contributed by atoms with E-state index in [2.05, 4.69) is 10.1 Å². The number of rotatable bonds is 1. The summed E-state index contributed by atoms with van der Waals surface area (Å²) < 4.78 is 1.49. The molecule has 0 aliphatic carbocycles. The SMILES string of the molecule is Cc1nc2c(C)cc(C(=O)O)cn2n1. The van der Waals surface area contributed by atoms with E-state index < -0.39 is 5.97 Å². The molecule has 0 saturated carbocycles. The number of carboxylic acids is 1. The molecule has 5 heteroatoms. The summed E-state index contributed by atoms with van der Waals surface area (Å²) in [6.07, 6.45) is 1.46. The number of carbonyl (C=O) groups is 1. The summed E-state index contributed by atoms with van der Waals surface area (Å²) >= 11 is 0. The van der Waals surface area contributed by atoms with Crippen LogP contribution in [-0.4, -0.2) is 25.7 Å². The van der Waals surface area contributed by atoms with Crippen LogP contribution in [0, 0.1) is 13.8 Å². The van der Waals surface area contributed by atoms with Crippen molar-refractivity contribution in [2.45, 2.75) is 13.8 Å². The molecule has 0 aliphatic rings. The third kappa shape index (κ3) is 1.22. The van der Waals surface area contributed by atoms with Crippen molar-refractivity contribution >= 4 is 11.6 Å². The molecule has 0 saturated heterocycles. The first-order chi connectivity index (χ1) is 6.58. The van der Waals surface area contributed by atoms with Gasteiger partial charge in [0.1, 0.15) is 5.82 Å². The average Bonchev–Trinajstić information content (AvgIpc) is 2.45. The van der Waals surface area contributed by atoms with Crippen molar-refractivity contribution in [2.24, 2.45) is 0 Å². The number of aryl methyl sites for hydroxylation is 2. The zero-order valence-corrected chi connectivity index (χ0v) is 7.85. The van der Waals surface area contributed by atoms with Gasteiger partial charge >= 0.3 is 5.97 Å². The predicted molar refractivity (Wildman–Crippen MR) is 49.4 cm³/mol. The van der Waals surface area contributed by atoms with E-state index in [1.165, 1.54) is 10.7 Å². The molecule has 1 N–H and O–H groups in total. The molecule has 5 nitrogen and oxygen atoms in total. The van der Waals surface area contributed by atoms with Gasteiger partial charge in [-0.2, -0.15) is 5.10 Å². The maximum atomic E-state index is 10.7. The zero-order valence-electron chi connectivity index (χ0n) is 7.85. The van der Waals surface area contributed by atoms with E-state index in [0.29, 0.717) is 11.5 Å². The molecule has 0 aromatic carbocycles. The minimum Gasteiger partial charge on any atom is -0.478 e. The summed E-state index contributed by atoms with van der Waals surface area (Å²) in [6.45, 7) is 3.59. The van der Waals surface area contributed by atoms with Gasteiger partial charge in [0.15, 0.2) is 5.65 Å². The number of aromatic nitrogens is 3. The molecule has 0 spiro atoms. The van der Waals surface area contributed by atoms with Crippen molar-refractivity contribution in [2.75, 3.05) is 0 Å². The van der Waals surface area contributed by atoms with Crippen molar-refractivity contribution in [3.8, 4) is 0 Å². The van der Waals surface area contributed by atoms with Crippen LogP contribution >= 0.6 is 0 Å². The Kier molecular flexibility index (Phi) is 1.73. The summed E-state index contributed by atoms with van der Waals surface area (Å²) in [7, 11) is 0. The number of hydrogen-bond donors (Lipinski definition) is 1. The summed E-state index contributed by atoms with van der Waals surface area (Å²) in [5, 5.41) is 12.9. The fourth-order valence-electron chi connectivity index (χ4n) is 1.37. The molecular formula is C9H9N3O2. The van der Waals surface area contributed by atoms with Crippen molar-refractivity contribution in [1.29, 1.82) is 0 Å². The van der Waals surface area contributed by atoms with Crippen LogP contribution in [0.4, 0.5) is 0 Å². The lowest BCUT2D eigenvalue weighted by molar-refractivity contribution is 0.0696. The van der Waals surface area contributed by atoms with E-state index in [4.69, 9.17) is 5.11 Å². The Morgan fingerprint density at radius 1 is 1.50 bits per heavy atom. The fraction of sp³-hybridized carbons (Fsp3) is 0.222. The van der Waals surface area contributed by atoms with E-state index in [1.807, 2.05) is 6.92 Å². The van der Waals surface area contributed by atoms with E-state index in [1.54, 1.807) is 13.0 Å². The lowest BCUT2D eigenvalue weighted by atomic mass is 10.2. The van der Waals surface area contributed by atoms with Crippen LogP contribution in [0.1, 0.15) is 21.7 Å².